The number of nitrogens with zero attached hydrogens (tertiary/aromatic N) is 1. The summed E-state index contributed by atoms with van der Waals surface area (Å²) in [5.74, 6) is -1.51. The van der Waals surface area contributed by atoms with Gasteiger partial charge < -0.3 is 20.3 Å². The monoisotopic (exact) mass is 511 g/mol. The van der Waals surface area contributed by atoms with Gasteiger partial charge in [0.2, 0.25) is 5.91 Å². The number of Topliss-reactive ketones (excluding diaryl/α,β-unsaturated/α-hetero) is 1. The fraction of sp³-hybridized carbons (Fsp3) is 0.567. The van der Waals surface area contributed by atoms with Crippen LogP contribution in [0.1, 0.15) is 67.4 Å². The number of aromatic nitrogens is 1. The van der Waals surface area contributed by atoms with Gasteiger partial charge in [0.1, 0.15) is 0 Å². The highest BCUT2D eigenvalue weighted by Gasteiger charge is 2.41. The zero-order valence-electron chi connectivity index (χ0n) is 24.1. The van der Waals surface area contributed by atoms with Gasteiger partial charge in [0, 0.05) is 41.6 Å². The van der Waals surface area contributed by atoms with Crippen LogP contribution >= 0.6 is 0 Å². The first-order valence-corrected chi connectivity index (χ1v) is 13.0. The number of aryl methyl sites for hydroxylation is 1. The molecule has 3 atom stereocenters. The maximum absolute atomic E-state index is 13.8. The Labute approximate surface area is 221 Å². The van der Waals surface area contributed by atoms with Crippen molar-refractivity contribution < 1.29 is 19.5 Å². The van der Waals surface area contributed by atoms with Crippen LogP contribution < -0.4 is 10.6 Å². The number of hydrogen-bond donors (Lipinski definition) is 3. The molecule has 0 saturated heterocycles. The Morgan fingerprint density at radius 2 is 1.65 bits per heavy atom. The Morgan fingerprint density at radius 1 is 1.05 bits per heavy atom. The van der Waals surface area contributed by atoms with Crippen LogP contribution in [0.2, 0.25) is 0 Å². The summed E-state index contributed by atoms with van der Waals surface area (Å²) in [4.78, 5) is 38.7. The van der Waals surface area contributed by atoms with E-state index < -0.39 is 28.9 Å². The summed E-state index contributed by atoms with van der Waals surface area (Å²) in [5, 5.41) is 16.7. The molecule has 0 unspecified atom stereocenters. The largest absolute Gasteiger partial charge is 0.478 e. The summed E-state index contributed by atoms with van der Waals surface area (Å²) in [7, 11) is 3.76. The second-order valence-electron chi connectivity index (χ2n) is 12.2. The van der Waals surface area contributed by atoms with Gasteiger partial charge in [-0.2, -0.15) is 0 Å². The molecular weight excluding hydrogens is 466 g/mol. The van der Waals surface area contributed by atoms with E-state index >= 15 is 0 Å². The third-order valence-corrected chi connectivity index (χ3v) is 7.43. The van der Waals surface area contributed by atoms with Crippen molar-refractivity contribution in [2.24, 2.45) is 24.3 Å². The van der Waals surface area contributed by atoms with Crippen molar-refractivity contribution in [2.45, 2.75) is 79.3 Å². The molecule has 0 bridgehead atoms. The van der Waals surface area contributed by atoms with Crippen molar-refractivity contribution in [1.82, 2.24) is 15.2 Å². The van der Waals surface area contributed by atoms with Crippen LogP contribution in [0.25, 0.3) is 10.9 Å². The third kappa shape index (κ3) is 6.89. The van der Waals surface area contributed by atoms with Crippen LogP contribution in [0.5, 0.6) is 0 Å². The van der Waals surface area contributed by atoms with E-state index in [0.717, 1.165) is 16.5 Å². The molecule has 0 aliphatic carbocycles. The van der Waals surface area contributed by atoms with Crippen molar-refractivity contribution in [3.05, 3.63) is 47.7 Å². The van der Waals surface area contributed by atoms with Crippen LogP contribution in [0.15, 0.2) is 42.1 Å². The molecule has 1 aromatic heterocycles. The molecule has 7 heteroatoms. The molecule has 0 aliphatic heterocycles. The van der Waals surface area contributed by atoms with Crippen molar-refractivity contribution in [3.8, 4) is 0 Å². The Kier molecular flexibility index (Phi) is 9.53. The maximum atomic E-state index is 13.8. The Morgan fingerprint density at radius 3 is 2.16 bits per heavy atom. The molecular formula is C30H45N3O4. The number of ketones is 1. The molecule has 0 radical (unpaired) electrons. The number of amides is 1. The van der Waals surface area contributed by atoms with Crippen molar-refractivity contribution >= 4 is 28.6 Å². The summed E-state index contributed by atoms with van der Waals surface area (Å²) in [6.07, 6.45) is 3.88. The van der Waals surface area contributed by atoms with Crippen LogP contribution in [-0.2, 0) is 26.8 Å². The van der Waals surface area contributed by atoms with E-state index in [-0.39, 0.29) is 35.5 Å². The van der Waals surface area contributed by atoms with Crippen molar-refractivity contribution in [2.75, 3.05) is 7.05 Å². The Bertz CT molecular complexity index is 1170. The molecule has 0 aliphatic rings. The van der Waals surface area contributed by atoms with Crippen molar-refractivity contribution in [1.29, 1.82) is 0 Å². The fourth-order valence-electron chi connectivity index (χ4n) is 5.07. The zero-order valence-corrected chi connectivity index (χ0v) is 24.1. The smallest absolute Gasteiger partial charge is 0.330 e. The predicted molar refractivity (Wildman–Crippen MR) is 150 cm³/mol. The second kappa shape index (κ2) is 11.6. The number of fused-ring (bicyclic) bond motifs is 1. The van der Waals surface area contributed by atoms with Gasteiger partial charge in [0.25, 0.3) is 0 Å². The van der Waals surface area contributed by atoms with Gasteiger partial charge in [-0.15, -0.1) is 0 Å². The third-order valence-electron chi connectivity index (χ3n) is 7.43. The molecule has 204 valence electrons. The van der Waals surface area contributed by atoms with Gasteiger partial charge >= 0.3 is 5.97 Å². The molecule has 2 aromatic rings. The number of carbonyl (C=O) groups excluding carboxylic acids is 2. The molecule has 1 amide bonds. The molecule has 0 fully saturated rings. The number of rotatable bonds is 11. The molecule has 3 N–H and O–H groups in total. The summed E-state index contributed by atoms with van der Waals surface area (Å²) in [5.41, 5.74) is 1.25. The van der Waals surface area contributed by atoms with Gasteiger partial charge in [-0.1, -0.05) is 72.7 Å². The molecule has 0 spiro atoms. The number of carboxylic acid groups (broad SMARTS) is 1. The minimum Gasteiger partial charge on any atom is -0.478 e. The predicted octanol–water partition coefficient (Wildman–Crippen LogP) is 4.84. The number of likely N-dealkylation sites (N-methyl/N-ethyl adjacent to an activating group) is 1. The van der Waals surface area contributed by atoms with E-state index in [2.05, 4.69) is 33.5 Å². The number of hydrogen-bond acceptors (Lipinski definition) is 4. The van der Waals surface area contributed by atoms with E-state index in [0.29, 0.717) is 0 Å². The summed E-state index contributed by atoms with van der Waals surface area (Å²) in [6.45, 7) is 15.4. The minimum absolute atomic E-state index is 0.0740. The van der Waals surface area contributed by atoms with Gasteiger partial charge in [-0.25, -0.2) is 4.79 Å². The van der Waals surface area contributed by atoms with Crippen molar-refractivity contribution in [3.63, 3.8) is 0 Å². The number of carboxylic acids is 1. The van der Waals surface area contributed by atoms with Crippen LogP contribution in [0.3, 0.4) is 0 Å². The van der Waals surface area contributed by atoms with Gasteiger partial charge in [0.15, 0.2) is 5.78 Å². The summed E-state index contributed by atoms with van der Waals surface area (Å²) < 4.78 is 2.07. The quantitative estimate of drug-likeness (QED) is 0.375. The molecule has 1 heterocycles. The Hall–Kier alpha value is -2.93. The normalized spacial score (nSPS) is 15.5. The summed E-state index contributed by atoms with van der Waals surface area (Å²) in [6, 6.07) is 6.81. The second-order valence-corrected chi connectivity index (χ2v) is 12.2. The molecule has 0 saturated carbocycles. The molecule has 7 nitrogen and oxygen atoms in total. The number of nitrogens with one attached hydrogen (secondary N) is 2. The highest BCUT2D eigenvalue weighted by atomic mass is 16.4. The maximum Gasteiger partial charge on any atom is 0.330 e. The first kappa shape index (κ1) is 30.3. The molecule has 2 rings (SSSR count). The first-order valence-electron chi connectivity index (χ1n) is 13.0. The van der Waals surface area contributed by atoms with E-state index in [1.807, 2.05) is 67.6 Å². The van der Waals surface area contributed by atoms with E-state index in [1.54, 1.807) is 13.1 Å². The van der Waals surface area contributed by atoms with Crippen LogP contribution in [0.4, 0.5) is 0 Å². The lowest BCUT2D eigenvalue weighted by Crippen LogP contribution is -2.59. The lowest BCUT2D eigenvalue weighted by Gasteiger charge is -2.37. The van der Waals surface area contributed by atoms with Gasteiger partial charge in [0.05, 0.1) is 12.1 Å². The number of allylic oxidation sites excluding steroid dienone is 1. The lowest BCUT2D eigenvalue weighted by atomic mass is 9.76. The van der Waals surface area contributed by atoms with Crippen LogP contribution in [0, 0.1) is 17.3 Å². The highest BCUT2D eigenvalue weighted by Crippen LogP contribution is 2.35. The van der Waals surface area contributed by atoms with Crippen LogP contribution in [-0.4, -0.2) is 46.5 Å². The number of carbonyl (C=O) groups is 3. The zero-order chi connectivity index (χ0) is 28.3. The molecule has 1 aromatic carbocycles. The highest BCUT2D eigenvalue weighted by molar-refractivity contribution is 5.94. The topological polar surface area (TPSA) is 100 Å². The van der Waals surface area contributed by atoms with Gasteiger partial charge in [-0.3, -0.25) is 9.59 Å². The molecule has 37 heavy (non-hydrogen) atoms. The first-order chi connectivity index (χ1) is 17.0. The average Bonchev–Trinajstić information content (AvgIpc) is 3.13. The fourth-order valence-corrected chi connectivity index (χ4v) is 5.07. The number of aliphatic carboxylic acids is 1. The number of para-hydroxylation sites is 1. The SMILES string of the molecule is CN[C@H](C(=O)N[C@H](C(=O)C[C@H](/C=C(\C)C(=O)O)C(C)C)C(C)(C)C)C(C)(C)c1cn(C)c2ccccc12. The Balaban J connectivity index is 2.37. The van der Waals surface area contributed by atoms with E-state index in [4.69, 9.17) is 0 Å². The average molecular weight is 512 g/mol. The standard InChI is InChI=1S/C30H45N3O4/c1-18(2)20(15-19(3)28(36)37)16-24(34)25(29(4,5)6)32-27(35)26(31-9)30(7,8)22-17-33(10)23-14-12-11-13-21(22)23/h11-15,17-18,20,25-26,31H,16H2,1-10H3,(H,32,35)(H,36,37)/b19-15+/t20-,25+,26+/m0/s1. The van der Waals surface area contributed by atoms with E-state index in [1.165, 1.54) is 6.92 Å². The van der Waals surface area contributed by atoms with Gasteiger partial charge in [-0.05, 0) is 42.9 Å². The van der Waals surface area contributed by atoms with E-state index in [9.17, 15) is 19.5 Å². The summed E-state index contributed by atoms with van der Waals surface area (Å²) >= 11 is 0. The number of benzene rings is 1. The minimum atomic E-state index is -0.994. The lowest BCUT2D eigenvalue weighted by molar-refractivity contribution is -0.133.